The Morgan fingerprint density at radius 2 is 1.76 bits per heavy atom. The van der Waals surface area contributed by atoms with Crippen molar-refractivity contribution in [2.75, 3.05) is 0 Å². The Hall–Kier alpha value is -1.71. The SMILES string of the molecule is CC(C)c1ccn[nH]1.CC(C)c1cnccn1. The third-order valence-corrected chi connectivity index (χ3v) is 2.32. The molecule has 4 nitrogen and oxygen atoms in total. The van der Waals surface area contributed by atoms with E-state index in [1.165, 1.54) is 5.69 Å². The summed E-state index contributed by atoms with van der Waals surface area (Å²) in [5.74, 6) is 1.05. The van der Waals surface area contributed by atoms with Crippen molar-refractivity contribution in [3.05, 3.63) is 42.2 Å². The number of nitrogens with one attached hydrogen (secondary N) is 1. The number of aromatic nitrogens is 4. The van der Waals surface area contributed by atoms with Crippen molar-refractivity contribution in [3.8, 4) is 0 Å². The first-order chi connectivity index (χ1) is 8.11. The molecule has 0 unspecified atom stereocenters. The van der Waals surface area contributed by atoms with Crippen molar-refractivity contribution in [2.24, 2.45) is 0 Å². The molecule has 2 heterocycles. The Bertz CT molecular complexity index is 393. The first-order valence-electron chi connectivity index (χ1n) is 5.86. The highest BCUT2D eigenvalue weighted by Gasteiger charge is 1.96. The Balaban J connectivity index is 0.000000171. The van der Waals surface area contributed by atoms with E-state index < -0.39 is 0 Å². The van der Waals surface area contributed by atoms with Gasteiger partial charge in [0.25, 0.3) is 0 Å². The quantitative estimate of drug-likeness (QED) is 0.865. The number of nitrogens with zero attached hydrogens (tertiary/aromatic N) is 3. The molecule has 17 heavy (non-hydrogen) atoms. The summed E-state index contributed by atoms with van der Waals surface area (Å²) in [6.07, 6.45) is 6.97. The Morgan fingerprint density at radius 1 is 1.00 bits per heavy atom. The third kappa shape index (κ3) is 4.76. The van der Waals surface area contributed by atoms with Gasteiger partial charge in [-0.2, -0.15) is 5.10 Å². The smallest absolute Gasteiger partial charge is 0.0612 e. The van der Waals surface area contributed by atoms with Crippen LogP contribution >= 0.6 is 0 Å². The summed E-state index contributed by atoms with van der Waals surface area (Å²) in [7, 11) is 0. The van der Waals surface area contributed by atoms with Crippen LogP contribution in [0.1, 0.15) is 50.9 Å². The van der Waals surface area contributed by atoms with E-state index in [-0.39, 0.29) is 0 Å². The summed E-state index contributed by atoms with van der Waals surface area (Å²) < 4.78 is 0. The van der Waals surface area contributed by atoms with Crippen LogP contribution in [0.3, 0.4) is 0 Å². The zero-order valence-corrected chi connectivity index (χ0v) is 10.9. The second kappa shape index (κ2) is 6.78. The maximum atomic E-state index is 4.12. The van der Waals surface area contributed by atoms with Crippen LogP contribution < -0.4 is 0 Å². The van der Waals surface area contributed by atoms with Gasteiger partial charge in [0.2, 0.25) is 0 Å². The molecule has 0 bridgehead atoms. The summed E-state index contributed by atoms with van der Waals surface area (Å²) in [5, 5.41) is 6.70. The Labute approximate surface area is 103 Å². The number of H-pyrrole nitrogens is 1. The fraction of sp³-hybridized carbons (Fsp3) is 0.462. The summed E-state index contributed by atoms with van der Waals surface area (Å²) >= 11 is 0. The number of rotatable bonds is 2. The van der Waals surface area contributed by atoms with Crippen LogP contribution in [-0.2, 0) is 0 Å². The van der Waals surface area contributed by atoms with E-state index in [9.17, 15) is 0 Å². The lowest BCUT2D eigenvalue weighted by Gasteiger charge is -1.99. The molecule has 0 saturated heterocycles. The van der Waals surface area contributed by atoms with Crippen LogP contribution in [0.5, 0.6) is 0 Å². The van der Waals surface area contributed by atoms with E-state index in [2.05, 4.69) is 47.9 Å². The monoisotopic (exact) mass is 232 g/mol. The van der Waals surface area contributed by atoms with Crippen LogP contribution in [0, 0.1) is 0 Å². The van der Waals surface area contributed by atoms with Gasteiger partial charge in [-0.05, 0) is 17.9 Å². The molecular formula is C13H20N4. The largest absolute Gasteiger partial charge is 0.282 e. The molecule has 4 heteroatoms. The van der Waals surface area contributed by atoms with E-state index in [0.717, 1.165) is 5.69 Å². The van der Waals surface area contributed by atoms with Crippen LogP contribution in [0.25, 0.3) is 0 Å². The highest BCUT2D eigenvalue weighted by molar-refractivity contribution is 5.02. The van der Waals surface area contributed by atoms with E-state index in [4.69, 9.17) is 0 Å². The molecule has 0 radical (unpaired) electrons. The van der Waals surface area contributed by atoms with Gasteiger partial charge in [0.1, 0.15) is 0 Å². The maximum Gasteiger partial charge on any atom is 0.0612 e. The molecule has 2 aromatic rings. The topological polar surface area (TPSA) is 54.5 Å². The second-order valence-corrected chi connectivity index (χ2v) is 4.45. The summed E-state index contributed by atoms with van der Waals surface area (Å²) in [6, 6.07) is 1.99. The summed E-state index contributed by atoms with van der Waals surface area (Å²) in [5.41, 5.74) is 2.25. The minimum absolute atomic E-state index is 0.485. The molecule has 0 amide bonds. The van der Waals surface area contributed by atoms with E-state index in [1.54, 1.807) is 24.8 Å². The van der Waals surface area contributed by atoms with Crippen LogP contribution in [0.4, 0.5) is 0 Å². The van der Waals surface area contributed by atoms with Crippen molar-refractivity contribution < 1.29 is 0 Å². The van der Waals surface area contributed by atoms with Gasteiger partial charge in [-0.15, -0.1) is 0 Å². The van der Waals surface area contributed by atoms with Crippen LogP contribution in [0.15, 0.2) is 30.9 Å². The van der Waals surface area contributed by atoms with Crippen molar-refractivity contribution in [1.29, 1.82) is 0 Å². The van der Waals surface area contributed by atoms with Crippen molar-refractivity contribution >= 4 is 0 Å². The molecule has 2 aromatic heterocycles. The number of hydrogen-bond donors (Lipinski definition) is 1. The van der Waals surface area contributed by atoms with Gasteiger partial charge in [-0.1, -0.05) is 27.7 Å². The summed E-state index contributed by atoms with van der Waals surface area (Å²) in [4.78, 5) is 8.06. The average Bonchev–Trinajstić information content (AvgIpc) is 2.84. The maximum absolute atomic E-state index is 4.12. The summed E-state index contributed by atoms with van der Waals surface area (Å²) in [6.45, 7) is 8.47. The lowest BCUT2D eigenvalue weighted by molar-refractivity contribution is 0.810. The Kier molecular flexibility index (Phi) is 5.33. The van der Waals surface area contributed by atoms with Gasteiger partial charge in [0.15, 0.2) is 0 Å². The predicted molar refractivity (Wildman–Crippen MR) is 68.8 cm³/mol. The highest BCUT2D eigenvalue weighted by Crippen LogP contribution is 2.08. The van der Waals surface area contributed by atoms with Gasteiger partial charge in [0, 0.05) is 30.5 Å². The van der Waals surface area contributed by atoms with E-state index >= 15 is 0 Å². The second-order valence-electron chi connectivity index (χ2n) is 4.45. The zero-order valence-electron chi connectivity index (χ0n) is 10.9. The van der Waals surface area contributed by atoms with E-state index in [1.807, 2.05) is 6.07 Å². The molecule has 92 valence electrons. The lowest BCUT2D eigenvalue weighted by atomic mass is 10.1. The van der Waals surface area contributed by atoms with Gasteiger partial charge in [-0.3, -0.25) is 15.1 Å². The third-order valence-electron chi connectivity index (χ3n) is 2.32. The number of hydrogen-bond acceptors (Lipinski definition) is 3. The van der Waals surface area contributed by atoms with Gasteiger partial charge >= 0.3 is 0 Å². The Morgan fingerprint density at radius 3 is 2.06 bits per heavy atom. The van der Waals surface area contributed by atoms with Gasteiger partial charge < -0.3 is 0 Å². The highest BCUT2D eigenvalue weighted by atomic mass is 15.1. The minimum Gasteiger partial charge on any atom is -0.282 e. The minimum atomic E-state index is 0.485. The molecule has 1 N–H and O–H groups in total. The fourth-order valence-corrected chi connectivity index (χ4v) is 1.20. The van der Waals surface area contributed by atoms with Crippen molar-refractivity contribution in [1.82, 2.24) is 20.2 Å². The van der Waals surface area contributed by atoms with Crippen LogP contribution in [-0.4, -0.2) is 20.2 Å². The zero-order chi connectivity index (χ0) is 12.7. The van der Waals surface area contributed by atoms with Gasteiger partial charge in [-0.25, -0.2) is 0 Å². The first kappa shape index (κ1) is 13.4. The van der Waals surface area contributed by atoms with Crippen molar-refractivity contribution in [3.63, 3.8) is 0 Å². The average molecular weight is 232 g/mol. The molecule has 0 spiro atoms. The van der Waals surface area contributed by atoms with Crippen molar-refractivity contribution in [2.45, 2.75) is 39.5 Å². The molecule has 0 atom stereocenters. The number of aromatic amines is 1. The molecule has 0 aliphatic rings. The molecule has 0 aliphatic heterocycles. The first-order valence-corrected chi connectivity index (χ1v) is 5.86. The predicted octanol–water partition coefficient (Wildman–Crippen LogP) is 3.13. The molecule has 0 aromatic carbocycles. The van der Waals surface area contributed by atoms with Crippen LogP contribution in [0.2, 0.25) is 0 Å². The van der Waals surface area contributed by atoms with Gasteiger partial charge in [0.05, 0.1) is 5.69 Å². The molecule has 0 fully saturated rings. The standard InChI is InChI=1S/C7H10N2.C6H10N2/c1-6(2)7-5-8-3-4-9-7;1-5(2)6-3-4-7-8-6/h3-6H,1-2H3;3-5H,1-2H3,(H,7,8). The fourth-order valence-electron chi connectivity index (χ4n) is 1.20. The normalized spacial score (nSPS) is 10.2. The molecular weight excluding hydrogens is 212 g/mol. The van der Waals surface area contributed by atoms with E-state index in [0.29, 0.717) is 11.8 Å². The molecule has 0 saturated carbocycles. The molecule has 2 rings (SSSR count). The molecule has 0 aliphatic carbocycles. The lowest BCUT2D eigenvalue weighted by Crippen LogP contribution is -1.91.